The minimum absolute atomic E-state index is 0.0379. The van der Waals surface area contributed by atoms with Gasteiger partial charge in [0.15, 0.2) is 0 Å². The van der Waals surface area contributed by atoms with Crippen LogP contribution in [0.1, 0.15) is 5.56 Å². The Hall–Kier alpha value is -3.35. The molecule has 0 saturated heterocycles. The number of para-hydroxylation sites is 1. The minimum Gasteiger partial charge on any atom is -0.480 e. The molecule has 0 unspecified atom stereocenters. The molecule has 0 spiro atoms. The molecular weight excluding hydrogens is 310 g/mol. The number of aromatic amines is 1. The van der Waals surface area contributed by atoms with Gasteiger partial charge < -0.3 is 15.4 Å². The van der Waals surface area contributed by atoms with Crippen molar-refractivity contribution >= 4 is 28.2 Å². The maximum Gasteiger partial charge on any atom is 0.326 e. The Kier molecular flexibility index (Phi) is 4.15. The van der Waals surface area contributed by atoms with E-state index >= 15 is 0 Å². The first kappa shape index (κ1) is 15.5. The zero-order valence-corrected chi connectivity index (χ0v) is 12.6. The summed E-state index contributed by atoms with van der Waals surface area (Å²) >= 11 is 0. The van der Waals surface area contributed by atoms with Crippen LogP contribution >= 0.6 is 0 Å². The number of carboxylic acids is 1. The molecule has 7 nitrogen and oxygen atoms in total. The molecule has 3 N–H and O–H groups in total. The van der Waals surface area contributed by atoms with E-state index in [2.05, 4.69) is 10.3 Å². The van der Waals surface area contributed by atoms with Gasteiger partial charge in [-0.2, -0.15) is 0 Å². The molecule has 0 aliphatic carbocycles. The molecule has 122 valence electrons. The number of rotatable bonds is 6. The molecule has 1 atom stereocenters. The Balaban J connectivity index is 1.80. The first-order valence-corrected chi connectivity index (χ1v) is 7.33. The third-order valence-electron chi connectivity index (χ3n) is 3.82. The number of benzene rings is 2. The lowest BCUT2D eigenvalue weighted by Crippen LogP contribution is -2.31. The predicted molar refractivity (Wildman–Crippen MR) is 90.1 cm³/mol. The van der Waals surface area contributed by atoms with Gasteiger partial charge in [-0.05, 0) is 23.8 Å². The van der Waals surface area contributed by atoms with E-state index in [9.17, 15) is 20.0 Å². The molecule has 0 aliphatic heterocycles. The van der Waals surface area contributed by atoms with E-state index in [0.29, 0.717) is 5.69 Å². The first-order valence-electron chi connectivity index (χ1n) is 7.33. The Morgan fingerprint density at radius 1 is 1.21 bits per heavy atom. The van der Waals surface area contributed by atoms with Gasteiger partial charge in [0.05, 0.1) is 4.92 Å². The van der Waals surface area contributed by atoms with Crippen molar-refractivity contribution in [3.05, 3.63) is 70.4 Å². The maximum atomic E-state index is 11.6. The number of non-ortho nitro benzene ring substituents is 1. The average molecular weight is 325 g/mol. The van der Waals surface area contributed by atoms with Crippen LogP contribution in [0.5, 0.6) is 0 Å². The van der Waals surface area contributed by atoms with Crippen LogP contribution < -0.4 is 5.32 Å². The third-order valence-corrected chi connectivity index (χ3v) is 3.82. The van der Waals surface area contributed by atoms with Gasteiger partial charge >= 0.3 is 5.97 Å². The fraction of sp³-hybridized carbons (Fsp3) is 0.118. The lowest BCUT2D eigenvalue weighted by molar-refractivity contribution is -0.384. The normalized spacial score (nSPS) is 12.0. The van der Waals surface area contributed by atoms with Crippen LogP contribution in [0.4, 0.5) is 11.4 Å². The second-order valence-electron chi connectivity index (χ2n) is 5.40. The number of H-pyrrole nitrogens is 1. The van der Waals surface area contributed by atoms with E-state index in [1.165, 1.54) is 24.3 Å². The molecule has 7 heteroatoms. The number of aliphatic carboxylic acids is 1. The van der Waals surface area contributed by atoms with Crippen molar-refractivity contribution in [3.8, 4) is 0 Å². The van der Waals surface area contributed by atoms with E-state index in [0.717, 1.165) is 16.5 Å². The second kappa shape index (κ2) is 6.41. The Morgan fingerprint density at radius 2 is 1.92 bits per heavy atom. The summed E-state index contributed by atoms with van der Waals surface area (Å²) in [7, 11) is 0. The number of carbonyl (C=O) groups is 1. The van der Waals surface area contributed by atoms with Crippen LogP contribution in [-0.4, -0.2) is 27.0 Å². The molecular formula is C17H15N3O4. The van der Waals surface area contributed by atoms with Crippen LogP contribution in [0.2, 0.25) is 0 Å². The van der Waals surface area contributed by atoms with Gasteiger partial charge in [0.1, 0.15) is 6.04 Å². The topological polar surface area (TPSA) is 108 Å². The summed E-state index contributed by atoms with van der Waals surface area (Å²) in [6.07, 6.45) is 2.09. The van der Waals surface area contributed by atoms with E-state index in [4.69, 9.17) is 0 Å². The molecule has 0 amide bonds. The van der Waals surface area contributed by atoms with Crippen LogP contribution in [0.25, 0.3) is 10.9 Å². The molecule has 0 radical (unpaired) electrons. The molecule has 0 aliphatic rings. The number of nitro benzene ring substituents is 1. The monoisotopic (exact) mass is 325 g/mol. The van der Waals surface area contributed by atoms with E-state index in [-0.39, 0.29) is 12.1 Å². The molecule has 1 aromatic heterocycles. The number of aromatic nitrogens is 1. The number of nitrogens with one attached hydrogen (secondary N) is 2. The average Bonchev–Trinajstić information content (AvgIpc) is 2.98. The highest BCUT2D eigenvalue weighted by atomic mass is 16.6. The summed E-state index contributed by atoms with van der Waals surface area (Å²) in [5, 5.41) is 24.0. The van der Waals surface area contributed by atoms with Crippen LogP contribution in [0.15, 0.2) is 54.7 Å². The molecule has 3 rings (SSSR count). The SMILES string of the molecule is O=C(O)[C@H](Cc1c[nH]c2ccccc12)Nc1ccc([N+](=O)[O-])cc1. The second-order valence-corrected chi connectivity index (χ2v) is 5.40. The third kappa shape index (κ3) is 3.19. The fourth-order valence-electron chi connectivity index (χ4n) is 2.60. The lowest BCUT2D eigenvalue weighted by Gasteiger charge is -2.15. The first-order chi connectivity index (χ1) is 11.5. The maximum absolute atomic E-state index is 11.6. The predicted octanol–water partition coefficient (Wildman–Crippen LogP) is 3.18. The van der Waals surface area contributed by atoms with E-state index < -0.39 is 16.9 Å². The van der Waals surface area contributed by atoms with Crippen molar-refractivity contribution in [2.75, 3.05) is 5.32 Å². The number of hydrogen-bond acceptors (Lipinski definition) is 4. The summed E-state index contributed by atoms with van der Waals surface area (Å²) < 4.78 is 0. The van der Waals surface area contributed by atoms with Crippen molar-refractivity contribution in [2.45, 2.75) is 12.5 Å². The Morgan fingerprint density at radius 3 is 2.58 bits per heavy atom. The van der Waals surface area contributed by atoms with Gasteiger partial charge in [-0.3, -0.25) is 10.1 Å². The highest BCUT2D eigenvalue weighted by Gasteiger charge is 2.20. The van der Waals surface area contributed by atoms with Crippen molar-refractivity contribution in [3.63, 3.8) is 0 Å². The van der Waals surface area contributed by atoms with Gasteiger partial charge in [0, 0.05) is 41.3 Å². The highest BCUT2D eigenvalue weighted by Crippen LogP contribution is 2.21. The minimum atomic E-state index is -0.987. The van der Waals surface area contributed by atoms with Crippen LogP contribution in [0, 0.1) is 10.1 Å². The van der Waals surface area contributed by atoms with Gasteiger partial charge in [0.25, 0.3) is 5.69 Å². The summed E-state index contributed by atoms with van der Waals surface area (Å²) in [5.74, 6) is -0.987. The molecule has 0 fully saturated rings. The van der Waals surface area contributed by atoms with E-state index in [1.54, 1.807) is 6.20 Å². The number of anilines is 1. The zero-order valence-electron chi connectivity index (χ0n) is 12.6. The van der Waals surface area contributed by atoms with Gasteiger partial charge in [-0.25, -0.2) is 4.79 Å². The summed E-state index contributed by atoms with van der Waals surface area (Å²) in [5.41, 5.74) is 2.33. The molecule has 0 saturated carbocycles. The van der Waals surface area contributed by atoms with Gasteiger partial charge in [-0.1, -0.05) is 18.2 Å². The van der Waals surface area contributed by atoms with Crippen molar-refractivity contribution in [2.24, 2.45) is 0 Å². The van der Waals surface area contributed by atoms with Crippen molar-refractivity contribution in [1.29, 1.82) is 0 Å². The number of carboxylic acid groups (broad SMARTS) is 1. The molecule has 2 aromatic carbocycles. The fourth-order valence-corrected chi connectivity index (χ4v) is 2.60. The van der Waals surface area contributed by atoms with Gasteiger partial charge in [-0.15, -0.1) is 0 Å². The molecule has 24 heavy (non-hydrogen) atoms. The van der Waals surface area contributed by atoms with Crippen molar-refractivity contribution in [1.82, 2.24) is 4.98 Å². The summed E-state index contributed by atoms with van der Waals surface area (Å²) in [6, 6.07) is 12.5. The van der Waals surface area contributed by atoms with Gasteiger partial charge in [0.2, 0.25) is 0 Å². The smallest absolute Gasteiger partial charge is 0.326 e. The number of hydrogen-bond donors (Lipinski definition) is 3. The largest absolute Gasteiger partial charge is 0.480 e. The molecule has 3 aromatic rings. The lowest BCUT2D eigenvalue weighted by atomic mass is 10.0. The zero-order chi connectivity index (χ0) is 17.1. The molecule has 1 heterocycles. The van der Waals surface area contributed by atoms with Crippen molar-refractivity contribution < 1.29 is 14.8 Å². The Labute approximate surface area is 137 Å². The summed E-state index contributed by atoms with van der Waals surface area (Å²) in [4.78, 5) is 24.9. The van der Waals surface area contributed by atoms with E-state index in [1.807, 2.05) is 24.3 Å². The van der Waals surface area contributed by atoms with Crippen LogP contribution in [-0.2, 0) is 11.2 Å². The van der Waals surface area contributed by atoms with Crippen LogP contribution in [0.3, 0.4) is 0 Å². The Bertz CT molecular complexity index is 886. The standard InChI is InChI=1S/C17H15N3O4/c21-17(22)16(19-12-5-7-13(8-6-12)20(23)24)9-11-10-18-15-4-2-1-3-14(11)15/h1-8,10,16,18-19H,9H2,(H,21,22)/t16-/m0/s1. The number of fused-ring (bicyclic) bond motifs is 1. The number of nitrogens with zero attached hydrogens (tertiary/aromatic N) is 1. The quantitative estimate of drug-likeness (QED) is 0.476. The highest BCUT2D eigenvalue weighted by molar-refractivity contribution is 5.85. The molecule has 0 bridgehead atoms. The number of nitro groups is 1. The summed E-state index contributed by atoms with van der Waals surface area (Å²) in [6.45, 7) is 0.